The molecule has 7 heteroatoms. The fourth-order valence-electron chi connectivity index (χ4n) is 1.59. The topological polar surface area (TPSA) is 80.3 Å². The summed E-state index contributed by atoms with van der Waals surface area (Å²) in [6.45, 7) is 3.34. The third kappa shape index (κ3) is 4.23. The lowest BCUT2D eigenvalue weighted by atomic mass is 10.3. The van der Waals surface area contributed by atoms with Crippen molar-refractivity contribution in [2.24, 2.45) is 0 Å². The van der Waals surface area contributed by atoms with Crippen molar-refractivity contribution in [2.75, 3.05) is 17.3 Å². The molecular weight excluding hydrogens is 250 g/mol. The summed E-state index contributed by atoms with van der Waals surface area (Å²) in [7, 11) is -6.11. The van der Waals surface area contributed by atoms with Crippen LogP contribution < -0.4 is 5.32 Å². The summed E-state index contributed by atoms with van der Waals surface area (Å²) in [6, 6.07) is -0.514. The number of rotatable bonds is 5. The van der Waals surface area contributed by atoms with Crippen molar-refractivity contribution < 1.29 is 16.8 Å². The molecule has 0 aromatic heterocycles. The lowest BCUT2D eigenvalue weighted by Gasteiger charge is -2.17. The fraction of sp³-hybridized carbons (Fsp3) is 0.778. The molecule has 0 saturated heterocycles. The first-order valence-corrected chi connectivity index (χ1v) is 8.65. The van der Waals surface area contributed by atoms with Gasteiger partial charge in [-0.05, 0) is 6.92 Å². The second kappa shape index (κ2) is 4.85. The molecule has 0 spiro atoms. The minimum atomic E-state index is -3.08. The molecule has 0 bridgehead atoms. The van der Waals surface area contributed by atoms with Gasteiger partial charge in [0.1, 0.15) is 0 Å². The van der Waals surface area contributed by atoms with Gasteiger partial charge < -0.3 is 5.32 Å². The van der Waals surface area contributed by atoms with Gasteiger partial charge >= 0.3 is 0 Å². The summed E-state index contributed by atoms with van der Waals surface area (Å²) in [6.07, 6.45) is 1.56. The Labute approximate surface area is 96.8 Å². The van der Waals surface area contributed by atoms with Gasteiger partial charge in [0.2, 0.25) is 0 Å². The Kier molecular flexibility index (Phi) is 4.14. The molecule has 16 heavy (non-hydrogen) atoms. The van der Waals surface area contributed by atoms with Gasteiger partial charge in [-0.2, -0.15) is 0 Å². The van der Waals surface area contributed by atoms with E-state index in [9.17, 15) is 16.8 Å². The van der Waals surface area contributed by atoms with Crippen LogP contribution in [-0.4, -0.2) is 46.2 Å². The molecule has 0 aromatic rings. The van der Waals surface area contributed by atoms with E-state index in [-0.39, 0.29) is 29.3 Å². The number of sulfone groups is 2. The van der Waals surface area contributed by atoms with E-state index in [1.165, 1.54) is 5.41 Å². The van der Waals surface area contributed by atoms with E-state index in [2.05, 4.69) is 5.32 Å². The average Bonchev–Trinajstić information content (AvgIpc) is 2.44. The second-order valence-electron chi connectivity index (χ2n) is 4.03. The normalized spacial score (nSPS) is 25.8. The molecule has 0 aromatic carbocycles. The van der Waals surface area contributed by atoms with E-state index >= 15 is 0 Å². The van der Waals surface area contributed by atoms with E-state index in [0.717, 1.165) is 0 Å². The van der Waals surface area contributed by atoms with Gasteiger partial charge in [0.15, 0.2) is 19.7 Å². The molecular formula is C9H17NO4S2. The van der Waals surface area contributed by atoms with E-state index in [4.69, 9.17) is 0 Å². The van der Waals surface area contributed by atoms with E-state index in [1.807, 2.05) is 0 Å². The number of hydrogen-bond acceptors (Lipinski definition) is 5. The predicted molar refractivity (Wildman–Crippen MR) is 63.6 cm³/mol. The number of hydrogen-bond donors (Lipinski definition) is 1. The standard InChI is InChI=1S/C9H17NO4S2/c1-3-15(11,12)6-8(2)10-9-4-5-16(13,14)7-9/h4-5,8-10H,3,6-7H2,1-2H3. The van der Waals surface area contributed by atoms with Crippen molar-refractivity contribution in [3.05, 3.63) is 11.5 Å². The smallest absolute Gasteiger partial charge is 0.173 e. The quantitative estimate of drug-likeness (QED) is 0.740. The zero-order valence-corrected chi connectivity index (χ0v) is 11.0. The Bertz CT molecular complexity index is 464. The molecule has 0 amide bonds. The zero-order chi connectivity index (χ0) is 12.4. The lowest BCUT2D eigenvalue weighted by Crippen LogP contribution is -2.41. The molecule has 94 valence electrons. The van der Waals surface area contributed by atoms with Crippen LogP contribution in [0.2, 0.25) is 0 Å². The highest BCUT2D eigenvalue weighted by Crippen LogP contribution is 2.09. The summed E-state index contributed by atoms with van der Waals surface area (Å²) in [5, 5.41) is 4.15. The highest BCUT2D eigenvalue weighted by atomic mass is 32.2. The van der Waals surface area contributed by atoms with Crippen molar-refractivity contribution in [1.82, 2.24) is 5.32 Å². The maximum absolute atomic E-state index is 11.3. The van der Waals surface area contributed by atoms with Crippen molar-refractivity contribution in [3.63, 3.8) is 0 Å². The van der Waals surface area contributed by atoms with Crippen molar-refractivity contribution >= 4 is 19.7 Å². The molecule has 0 saturated carbocycles. The van der Waals surface area contributed by atoms with Gasteiger partial charge in [-0.1, -0.05) is 13.0 Å². The maximum atomic E-state index is 11.3. The van der Waals surface area contributed by atoms with Crippen molar-refractivity contribution in [3.8, 4) is 0 Å². The molecule has 1 aliphatic heterocycles. The molecule has 1 aliphatic rings. The third-order valence-corrected chi connectivity index (χ3v) is 5.66. The van der Waals surface area contributed by atoms with Crippen LogP contribution in [0.1, 0.15) is 13.8 Å². The molecule has 0 aliphatic carbocycles. The summed E-state index contributed by atoms with van der Waals surface area (Å²) >= 11 is 0. The Morgan fingerprint density at radius 1 is 1.50 bits per heavy atom. The largest absolute Gasteiger partial charge is 0.306 e. The molecule has 1 rings (SSSR count). The van der Waals surface area contributed by atoms with Crippen LogP contribution >= 0.6 is 0 Å². The molecule has 2 unspecified atom stereocenters. The van der Waals surface area contributed by atoms with Crippen LogP contribution in [0.5, 0.6) is 0 Å². The molecule has 2 atom stereocenters. The Morgan fingerprint density at radius 2 is 2.12 bits per heavy atom. The number of nitrogens with one attached hydrogen (secondary N) is 1. The Balaban J connectivity index is 2.49. The zero-order valence-electron chi connectivity index (χ0n) is 9.38. The highest BCUT2D eigenvalue weighted by Gasteiger charge is 2.24. The van der Waals surface area contributed by atoms with Crippen molar-refractivity contribution in [2.45, 2.75) is 25.9 Å². The molecule has 0 fully saturated rings. The van der Waals surface area contributed by atoms with Gasteiger partial charge in [-0.3, -0.25) is 0 Å². The molecule has 5 nitrogen and oxygen atoms in total. The van der Waals surface area contributed by atoms with Gasteiger partial charge in [0.05, 0.1) is 11.5 Å². The van der Waals surface area contributed by atoms with Gasteiger partial charge in [-0.25, -0.2) is 16.8 Å². The van der Waals surface area contributed by atoms with Crippen LogP contribution in [0, 0.1) is 0 Å². The minimum Gasteiger partial charge on any atom is -0.306 e. The SMILES string of the molecule is CCS(=O)(=O)CC(C)NC1C=CS(=O)(=O)C1. The highest BCUT2D eigenvalue weighted by molar-refractivity contribution is 7.94. The minimum absolute atomic E-state index is 0.0174. The summed E-state index contributed by atoms with van der Waals surface area (Å²) in [5.74, 6) is 0.162. The Hall–Kier alpha value is -0.400. The molecule has 1 N–H and O–H groups in total. The maximum Gasteiger partial charge on any atom is 0.173 e. The van der Waals surface area contributed by atoms with Crippen molar-refractivity contribution in [1.29, 1.82) is 0 Å². The van der Waals surface area contributed by atoms with E-state index in [0.29, 0.717) is 0 Å². The van der Waals surface area contributed by atoms with E-state index < -0.39 is 19.7 Å². The van der Waals surface area contributed by atoms with Crippen LogP contribution in [-0.2, 0) is 19.7 Å². The van der Waals surface area contributed by atoms with Crippen LogP contribution in [0.25, 0.3) is 0 Å². The van der Waals surface area contributed by atoms with Crippen LogP contribution in [0.3, 0.4) is 0 Å². The predicted octanol–water partition coefficient (Wildman–Crippen LogP) is -0.290. The summed E-state index contributed by atoms with van der Waals surface area (Å²) in [5.41, 5.74) is 0. The first kappa shape index (κ1) is 13.7. The van der Waals surface area contributed by atoms with E-state index in [1.54, 1.807) is 19.9 Å². The first-order valence-electron chi connectivity index (χ1n) is 5.11. The van der Waals surface area contributed by atoms with Gasteiger partial charge in [0.25, 0.3) is 0 Å². The third-order valence-electron chi connectivity index (χ3n) is 2.37. The second-order valence-corrected chi connectivity index (χ2v) is 8.36. The Morgan fingerprint density at radius 3 is 2.56 bits per heavy atom. The summed E-state index contributed by atoms with van der Waals surface area (Å²) < 4.78 is 44.9. The van der Waals surface area contributed by atoms with Gasteiger partial charge in [-0.15, -0.1) is 0 Å². The van der Waals surface area contributed by atoms with Gasteiger partial charge in [0, 0.05) is 23.2 Å². The van der Waals surface area contributed by atoms with Crippen LogP contribution in [0.15, 0.2) is 11.5 Å². The average molecular weight is 267 g/mol. The monoisotopic (exact) mass is 267 g/mol. The van der Waals surface area contributed by atoms with Crippen LogP contribution in [0.4, 0.5) is 0 Å². The first-order chi connectivity index (χ1) is 7.24. The fourth-order valence-corrected chi connectivity index (χ4v) is 3.93. The lowest BCUT2D eigenvalue weighted by molar-refractivity contribution is 0.534. The molecule has 0 radical (unpaired) electrons. The molecule has 1 heterocycles. The summed E-state index contributed by atoms with van der Waals surface area (Å²) in [4.78, 5) is 0.